The van der Waals surface area contributed by atoms with Crippen molar-refractivity contribution in [1.82, 2.24) is 4.72 Å². The Kier molecular flexibility index (Phi) is 5.53. The third-order valence-corrected chi connectivity index (χ3v) is 4.28. The number of halogens is 1. The highest BCUT2D eigenvalue weighted by molar-refractivity contribution is 7.89. The Labute approximate surface area is 129 Å². The van der Waals surface area contributed by atoms with Gasteiger partial charge in [-0.1, -0.05) is 0 Å². The number of carbonyl (C=O) groups is 1. The quantitative estimate of drug-likeness (QED) is 0.797. The number of benzene rings is 1. The lowest BCUT2D eigenvalue weighted by Gasteiger charge is -2.25. The van der Waals surface area contributed by atoms with Crippen LogP contribution >= 0.6 is 0 Å². The van der Waals surface area contributed by atoms with Crippen molar-refractivity contribution in [1.29, 1.82) is 0 Å². The number of nitrogens with one attached hydrogen (secondary N) is 1. The molecule has 0 aromatic heterocycles. The van der Waals surface area contributed by atoms with Crippen LogP contribution in [0.25, 0.3) is 0 Å². The summed E-state index contributed by atoms with van der Waals surface area (Å²) in [4.78, 5) is 10.4. The van der Waals surface area contributed by atoms with Gasteiger partial charge in [0, 0.05) is 5.54 Å². The molecule has 0 heterocycles. The maximum absolute atomic E-state index is 13.4. The Bertz CT molecular complexity index is 655. The highest BCUT2D eigenvalue weighted by atomic mass is 32.2. The summed E-state index contributed by atoms with van der Waals surface area (Å²) < 4.78 is 45.9. The van der Waals surface area contributed by atoms with Gasteiger partial charge in [-0.05, 0) is 45.9 Å². The topological polar surface area (TPSA) is 92.7 Å². The highest BCUT2D eigenvalue weighted by Gasteiger charge is 2.31. The number of rotatable bonds is 7. The SMILES string of the molecule is CC(C)Oc1ccc(F)cc1S(=O)(=O)NC(C)(C)CC(=O)O. The zero-order valence-corrected chi connectivity index (χ0v) is 13.7. The summed E-state index contributed by atoms with van der Waals surface area (Å²) in [6.07, 6.45) is -0.714. The zero-order chi connectivity index (χ0) is 17.1. The van der Waals surface area contributed by atoms with E-state index in [1.807, 2.05) is 0 Å². The van der Waals surface area contributed by atoms with E-state index in [2.05, 4.69) is 4.72 Å². The van der Waals surface area contributed by atoms with Gasteiger partial charge in [-0.2, -0.15) is 0 Å². The van der Waals surface area contributed by atoms with E-state index in [0.29, 0.717) is 0 Å². The lowest BCUT2D eigenvalue weighted by molar-refractivity contribution is -0.138. The normalized spacial score (nSPS) is 12.5. The van der Waals surface area contributed by atoms with Gasteiger partial charge in [0.15, 0.2) is 0 Å². The van der Waals surface area contributed by atoms with Crippen LogP contribution in [0.15, 0.2) is 23.1 Å². The Morgan fingerprint density at radius 2 is 2.00 bits per heavy atom. The van der Waals surface area contributed by atoms with Crippen LogP contribution in [0.5, 0.6) is 5.75 Å². The van der Waals surface area contributed by atoms with E-state index in [1.54, 1.807) is 13.8 Å². The summed E-state index contributed by atoms with van der Waals surface area (Å²) in [6.45, 7) is 6.28. The maximum atomic E-state index is 13.4. The average molecular weight is 333 g/mol. The fourth-order valence-electron chi connectivity index (χ4n) is 1.88. The monoisotopic (exact) mass is 333 g/mol. The van der Waals surface area contributed by atoms with E-state index >= 15 is 0 Å². The molecule has 2 N–H and O–H groups in total. The molecule has 124 valence electrons. The molecule has 0 saturated heterocycles. The van der Waals surface area contributed by atoms with Crippen LogP contribution in [-0.2, 0) is 14.8 Å². The number of carboxylic acids is 1. The summed E-state index contributed by atoms with van der Waals surface area (Å²) in [7, 11) is -4.14. The van der Waals surface area contributed by atoms with E-state index in [1.165, 1.54) is 19.9 Å². The molecule has 0 amide bonds. The van der Waals surface area contributed by atoms with Gasteiger partial charge in [-0.15, -0.1) is 0 Å². The fourth-order valence-corrected chi connectivity index (χ4v) is 3.43. The largest absolute Gasteiger partial charge is 0.490 e. The molecular weight excluding hydrogens is 313 g/mol. The lowest BCUT2D eigenvalue weighted by Crippen LogP contribution is -2.44. The van der Waals surface area contributed by atoms with Crippen molar-refractivity contribution < 1.29 is 27.4 Å². The predicted octanol–water partition coefficient (Wildman–Crippen LogP) is 2.14. The molecule has 0 aliphatic rings. The number of aliphatic carboxylic acids is 1. The summed E-state index contributed by atoms with van der Waals surface area (Å²) in [5.74, 6) is -1.87. The molecule has 1 rings (SSSR count). The third kappa shape index (κ3) is 5.27. The van der Waals surface area contributed by atoms with Crippen LogP contribution in [0.4, 0.5) is 4.39 Å². The van der Waals surface area contributed by atoms with E-state index in [0.717, 1.165) is 12.1 Å². The molecule has 0 spiro atoms. The van der Waals surface area contributed by atoms with Crippen molar-refractivity contribution in [3.63, 3.8) is 0 Å². The number of hydrogen-bond donors (Lipinski definition) is 2. The summed E-state index contributed by atoms with van der Waals surface area (Å²) in [5, 5.41) is 8.81. The smallest absolute Gasteiger partial charge is 0.305 e. The van der Waals surface area contributed by atoms with Crippen LogP contribution in [-0.4, -0.2) is 31.1 Å². The molecule has 0 unspecified atom stereocenters. The molecule has 1 aromatic rings. The first-order chi connectivity index (χ1) is 9.93. The van der Waals surface area contributed by atoms with Gasteiger partial charge in [-0.25, -0.2) is 17.5 Å². The van der Waals surface area contributed by atoms with Crippen molar-refractivity contribution >= 4 is 16.0 Å². The summed E-state index contributed by atoms with van der Waals surface area (Å²) in [6, 6.07) is 3.17. The van der Waals surface area contributed by atoms with Crippen LogP contribution in [0, 0.1) is 5.82 Å². The molecule has 0 radical (unpaired) electrons. The second kappa shape index (κ2) is 6.62. The minimum Gasteiger partial charge on any atom is -0.490 e. The van der Waals surface area contributed by atoms with E-state index in [4.69, 9.17) is 9.84 Å². The van der Waals surface area contributed by atoms with Gasteiger partial charge in [0.25, 0.3) is 0 Å². The van der Waals surface area contributed by atoms with E-state index < -0.39 is 33.8 Å². The van der Waals surface area contributed by atoms with E-state index in [-0.39, 0.29) is 16.7 Å². The van der Waals surface area contributed by atoms with Gasteiger partial charge in [-0.3, -0.25) is 4.79 Å². The highest BCUT2D eigenvalue weighted by Crippen LogP contribution is 2.27. The molecule has 0 aliphatic carbocycles. The van der Waals surface area contributed by atoms with Crippen molar-refractivity contribution in [2.45, 2.75) is 50.7 Å². The molecule has 0 aliphatic heterocycles. The van der Waals surface area contributed by atoms with Crippen molar-refractivity contribution in [3.05, 3.63) is 24.0 Å². The Morgan fingerprint density at radius 1 is 1.41 bits per heavy atom. The first-order valence-corrected chi connectivity index (χ1v) is 8.13. The zero-order valence-electron chi connectivity index (χ0n) is 12.9. The van der Waals surface area contributed by atoms with Gasteiger partial charge in [0.1, 0.15) is 16.5 Å². The maximum Gasteiger partial charge on any atom is 0.305 e. The molecule has 6 nitrogen and oxygen atoms in total. The van der Waals surface area contributed by atoms with Crippen LogP contribution < -0.4 is 9.46 Å². The number of carboxylic acid groups (broad SMARTS) is 1. The van der Waals surface area contributed by atoms with Gasteiger partial charge < -0.3 is 9.84 Å². The summed E-state index contributed by atoms with van der Waals surface area (Å²) >= 11 is 0. The molecule has 22 heavy (non-hydrogen) atoms. The van der Waals surface area contributed by atoms with Crippen molar-refractivity contribution in [2.75, 3.05) is 0 Å². The standard InChI is InChI=1S/C14H20FNO5S/c1-9(2)21-11-6-5-10(15)7-12(11)22(19,20)16-14(3,4)8-13(17)18/h5-7,9,16H,8H2,1-4H3,(H,17,18). The number of ether oxygens (including phenoxy) is 1. The summed E-state index contributed by atoms with van der Waals surface area (Å²) in [5.41, 5.74) is -1.23. The second-order valence-electron chi connectivity index (χ2n) is 5.82. The van der Waals surface area contributed by atoms with Gasteiger partial charge >= 0.3 is 5.97 Å². The van der Waals surface area contributed by atoms with Gasteiger partial charge in [0.05, 0.1) is 12.5 Å². The van der Waals surface area contributed by atoms with Crippen LogP contribution in [0.2, 0.25) is 0 Å². The number of sulfonamides is 1. The second-order valence-corrected chi connectivity index (χ2v) is 7.47. The lowest BCUT2D eigenvalue weighted by atomic mass is 10.0. The molecule has 8 heteroatoms. The molecular formula is C14H20FNO5S. The number of hydrogen-bond acceptors (Lipinski definition) is 4. The average Bonchev–Trinajstić information content (AvgIpc) is 2.27. The first-order valence-electron chi connectivity index (χ1n) is 6.65. The fraction of sp³-hybridized carbons (Fsp3) is 0.500. The molecule has 0 fully saturated rings. The molecule has 0 bridgehead atoms. The minimum atomic E-state index is -4.14. The predicted molar refractivity (Wildman–Crippen MR) is 78.8 cm³/mol. The third-order valence-electron chi connectivity index (χ3n) is 2.56. The van der Waals surface area contributed by atoms with Crippen LogP contribution in [0.1, 0.15) is 34.1 Å². The minimum absolute atomic E-state index is 0.00928. The first kappa shape index (κ1) is 18.4. The molecule has 1 aromatic carbocycles. The molecule has 0 saturated carbocycles. The van der Waals surface area contributed by atoms with Crippen LogP contribution in [0.3, 0.4) is 0 Å². The van der Waals surface area contributed by atoms with Crippen molar-refractivity contribution in [2.24, 2.45) is 0 Å². The Hall–Kier alpha value is -1.67. The van der Waals surface area contributed by atoms with Crippen molar-refractivity contribution in [3.8, 4) is 5.75 Å². The Morgan fingerprint density at radius 3 is 2.50 bits per heavy atom. The molecule has 0 atom stereocenters. The van der Waals surface area contributed by atoms with E-state index in [9.17, 15) is 17.6 Å². The van der Waals surface area contributed by atoms with Gasteiger partial charge in [0.2, 0.25) is 10.0 Å². The Balaban J connectivity index is 3.22.